The van der Waals surface area contributed by atoms with Crippen molar-refractivity contribution in [2.24, 2.45) is 0 Å². The van der Waals surface area contributed by atoms with E-state index in [0.29, 0.717) is 5.02 Å². The highest BCUT2D eigenvalue weighted by atomic mass is 35.5. The van der Waals surface area contributed by atoms with E-state index in [4.69, 9.17) is 16.3 Å². The van der Waals surface area contributed by atoms with Crippen LogP contribution in [-0.4, -0.2) is 19.2 Å². The van der Waals surface area contributed by atoms with E-state index < -0.39 is 0 Å². The van der Waals surface area contributed by atoms with Gasteiger partial charge in [-0.1, -0.05) is 23.7 Å². The monoisotopic (exact) mass is 233 g/mol. The van der Waals surface area contributed by atoms with E-state index in [-0.39, 0.29) is 18.5 Å². The van der Waals surface area contributed by atoms with Crippen molar-refractivity contribution in [2.45, 2.75) is 12.5 Å². The molecule has 1 aromatic rings. The molecular formula is C10H13Cl2NO. The van der Waals surface area contributed by atoms with Gasteiger partial charge in [0.15, 0.2) is 0 Å². The number of hydrogen-bond donors (Lipinski definition) is 1. The number of hydrogen-bond acceptors (Lipinski definition) is 2. The molecule has 0 bridgehead atoms. The summed E-state index contributed by atoms with van der Waals surface area (Å²) >= 11 is 5.96. The quantitative estimate of drug-likeness (QED) is 0.848. The average Bonchev–Trinajstić information content (AvgIpc) is 2.61. The molecule has 1 fully saturated rings. The second kappa shape index (κ2) is 5.44. The Hall–Kier alpha value is -0.440. The summed E-state index contributed by atoms with van der Waals surface area (Å²) in [5.41, 5.74) is 0. The molecule has 14 heavy (non-hydrogen) atoms. The summed E-state index contributed by atoms with van der Waals surface area (Å²) in [5, 5.41) is 3.93. The van der Waals surface area contributed by atoms with Gasteiger partial charge in [0.1, 0.15) is 11.9 Å². The minimum Gasteiger partial charge on any atom is -0.487 e. The van der Waals surface area contributed by atoms with Crippen molar-refractivity contribution in [3.8, 4) is 5.75 Å². The minimum absolute atomic E-state index is 0. The molecule has 4 heteroatoms. The van der Waals surface area contributed by atoms with Gasteiger partial charge in [0.05, 0.1) is 5.02 Å². The van der Waals surface area contributed by atoms with E-state index in [0.717, 1.165) is 25.3 Å². The third kappa shape index (κ3) is 2.77. The summed E-state index contributed by atoms with van der Waals surface area (Å²) in [6.07, 6.45) is 1.34. The number of halogens is 2. The first-order chi connectivity index (χ1) is 6.36. The van der Waals surface area contributed by atoms with Gasteiger partial charge in [0, 0.05) is 6.54 Å². The second-order valence-electron chi connectivity index (χ2n) is 3.16. The summed E-state index contributed by atoms with van der Waals surface area (Å²) in [7, 11) is 0. The fourth-order valence-electron chi connectivity index (χ4n) is 1.45. The second-order valence-corrected chi connectivity index (χ2v) is 3.57. The predicted molar refractivity (Wildman–Crippen MR) is 60.6 cm³/mol. The molecule has 0 amide bonds. The van der Waals surface area contributed by atoms with Gasteiger partial charge in [-0.05, 0) is 25.1 Å². The highest BCUT2D eigenvalue weighted by Crippen LogP contribution is 2.25. The lowest BCUT2D eigenvalue weighted by molar-refractivity contribution is 0.223. The van der Waals surface area contributed by atoms with Gasteiger partial charge < -0.3 is 10.1 Å². The molecule has 1 saturated heterocycles. The number of nitrogens with one attached hydrogen (secondary N) is 1. The average molecular weight is 234 g/mol. The summed E-state index contributed by atoms with van der Waals surface area (Å²) < 4.78 is 5.71. The maximum absolute atomic E-state index is 5.96. The molecule has 0 saturated carbocycles. The zero-order valence-electron chi connectivity index (χ0n) is 7.70. The van der Waals surface area contributed by atoms with Gasteiger partial charge in [0.25, 0.3) is 0 Å². The van der Waals surface area contributed by atoms with Crippen molar-refractivity contribution < 1.29 is 4.74 Å². The number of ether oxygens (including phenoxy) is 1. The zero-order chi connectivity index (χ0) is 9.10. The molecule has 1 heterocycles. The van der Waals surface area contributed by atoms with Crippen molar-refractivity contribution in [3.63, 3.8) is 0 Å². The molecule has 0 aliphatic carbocycles. The van der Waals surface area contributed by atoms with Gasteiger partial charge in [0.2, 0.25) is 0 Å². The van der Waals surface area contributed by atoms with Gasteiger partial charge >= 0.3 is 0 Å². The van der Waals surface area contributed by atoms with Crippen LogP contribution in [0, 0.1) is 0 Å². The Morgan fingerprint density at radius 1 is 1.36 bits per heavy atom. The molecule has 1 aliphatic heterocycles. The Labute approximate surface area is 95.0 Å². The lowest BCUT2D eigenvalue weighted by Gasteiger charge is -2.13. The topological polar surface area (TPSA) is 21.3 Å². The maximum atomic E-state index is 5.96. The normalized spacial score (nSPS) is 20.2. The summed E-state index contributed by atoms with van der Waals surface area (Å²) in [6.45, 7) is 1.96. The van der Waals surface area contributed by atoms with E-state index >= 15 is 0 Å². The lowest BCUT2D eigenvalue weighted by Crippen LogP contribution is -2.19. The predicted octanol–water partition coefficient (Wildman–Crippen LogP) is 2.50. The Morgan fingerprint density at radius 3 is 2.79 bits per heavy atom. The van der Waals surface area contributed by atoms with E-state index in [9.17, 15) is 0 Å². The lowest BCUT2D eigenvalue weighted by atomic mass is 10.3. The fraction of sp³-hybridized carbons (Fsp3) is 0.400. The van der Waals surface area contributed by atoms with E-state index in [1.807, 2.05) is 24.3 Å². The van der Waals surface area contributed by atoms with Crippen LogP contribution in [-0.2, 0) is 0 Å². The first kappa shape index (κ1) is 11.6. The van der Waals surface area contributed by atoms with Crippen LogP contribution in [0.3, 0.4) is 0 Å². The number of rotatable bonds is 2. The summed E-state index contributed by atoms with van der Waals surface area (Å²) in [4.78, 5) is 0. The van der Waals surface area contributed by atoms with Crippen molar-refractivity contribution >= 4 is 24.0 Å². The van der Waals surface area contributed by atoms with E-state index in [2.05, 4.69) is 5.32 Å². The molecular weight excluding hydrogens is 221 g/mol. The van der Waals surface area contributed by atoms with Crippen LogP contribution in [0.4, 0.5) is 0 Å². The first-order valence-corrected chi connectivity index (χ1v) is 4.86. The first-order valence-electron chi connectivity index (χ1n) is 4.48. The van der Waals surface area contributed by atoms with Gasteiger partial charge in [-0.3, -0.25) is 0 Å². The smallest absolute Gasteiger partial charge is 0.138 e. The van der Waals surface area contributed by atoms with Gasteiger partial charge in [-0.2, -0.15) is 0 Å². The van der Waals surface area contributed by atoms with Crippen LogP contribution in [0.15, 0.2) is 24.3 Å². The molecule has 1 N–H and O–H groups in total. The molecule has 1 aliphatic rings. The van der Waals surface area contributed by atoms with Crippen molar-refractivity contribution in [1.82, 2.24) is 5.32 Å². The van der Waals surface area contributed by atoms with E-state index in [1.54, 1.807) is 0 Å². The van der Waals surface area contributed by atoms with Crippen molar-refractivity contribution in [3.05, 3.63) is 29.3 Å². The van der Waals surface area contributed by atoms with Crippen LogP contribution < -0.4 is 10.1 Å². The largest absolute Gasteiger partial charge is 0.487 e. The molecule has 0 aromatic heterocycles. The van der Waals surface area contributed by atoms with Crippen LogP contribution in [0.5, 0.6) is 5.75 Å². The third-order valence-electron chi connectivity index (χ3n) is 2.15. The highest BCUT2D eigenvalue weighted by Gasteiger charge is 2.16. The summed E-state index contributed by atoms with van der Waals surface area (Å²) in [6, 6.07) is 7.59. The molecule has 0 spiro atoms. The van der Waals surface area contributed by atoms with Crippen molar-refractivity contribution in [2.75, 3.05) is 13.1 Å². The number of benzene rings is 1. The molecule has 2 nitrogen and oxygen atoms in total. The molecule has 0 unspecified atom stereocenters. The van der Waals surface area contributed by atoms with Crippen molar-refractivity contribution in [1.29, 1.82) is 0 Å². The zero-order valence-corrected chi connectivity index (χ0v) is 9.27. The van der Waals surface area contributed by atoms with Crippen LogP contribution in [0.2, 0.25) is 5.02 Å². The van der Waals surface area contributed by atoms with Crippen LogP contribution in [0.25, 0.3) is 0 Å². The maximum Gasteiger partial charge on any atom is 0.138 e. The molecule has 1 atom stereocenters. The van der Waals surface area contributed by atoms with E-state index in [1.165, 1.54) is 0 Å². The summed E-state index contributed by atoms with van der Waals surface area (Å²) in [5.74, 6) is 0.790. The molecule has 0 radical (unpaired) electrons. The standard InChI is InChI=1S/C10H12ClNO.ClH/c11-9-3-1-2-4-10(9)13-8-5-6-12-7-8;/h1-4,8,12H,5-7H2;1H/t8-;/m0./s1. The van der Waals surface area contributed by atoms with Gasteiger partial charge in [-0.15, -0.1) is 12.4 Å². The number of para-hydroxylation sites is 1. The Bertz CT molecular complexity index is 287. The SMILES string of the molecule is Cl.Clc1ccccc1O[C@H]1CCNC1. The third-order valence-corrected chi connectivity index (χ3v) is 2.46. The Balaban J connectivity index is 0.000000980. The molecule has 1 aromatic carbocycles. The Kier molecular flexibility index (Phi) is 4.52. The van der Waals surface area contributed by atoms with Gasteiger partial charge in [-0.25, -0.2) is 0 Å². The minimum atomic E-state index is 0. The van der Waals surface area contributed by atoms with Crippen LogP contribution >= 0.6 is 24.0 Å². The molecule has 2 rings (SSSR count). The molecule has 78 valence electrons. The fourth-order valence-corrected chi connectivity index (χ4v) is 1.63. The van der Waals surface area contributed by atoms with Crippen LogP contribution in [0.1, 0.15) is 6.42 Å². The Morgan fingerprint density at radius 2 is 2.14 bits per heavy atom. The highest BCUT2D eigenvalue weighted by molar-refractivity contribution is 6.32.